The predicted octanol–water partition coefficient (Wildman–Crippen LogP) is 5.02. The number of halogens is 1. The molecule has 5 nitrogen and oxygen atoms in total. The Hall–Kier alpha value is -3.05. The van der Waals surface area contributed by atoms with Gasteiger partial charge in [0.2, 0.25) is 0 Å². The molecule has 3 rings (SSSR count). The highest BCUT2D eigenvalue weighted by Gasteiger charge is 2.20. The average molecular weight is 396 g/mol. The monoisotopic (exact) mass is 395 g/mol. The van der Waals surface area contributed by atoms with Crippen LogP contribution in [0.4, 0.5) is 5.69 Å². The molecule has 0 aliphatic carbocycles. The first-order valence-electron chi connectivity index (χ1n) is 8.91. The Morgan fingerprint density at radius 3 is 2.71 bits per heavy atom. The molecule has 0 aliphatic rings. The third-order valence-electron chi connectivity index (χ3n) is 4.21. The fraction of sp³-hybridized carbons (Fsp3) is 0.182. The highest BCUT2D eigenvalue weighted by atomic mass is 35.5. The zero-order chi connectivity index (χ0) is 20.1. The van der Waals surface area contributed by atoms with E-state index in [1.54, 1.807) is 29.8 Å². The highest BCUT2D eigenvalue weighted by Crippen LogP contribution is 2.24. The molecule has 2 aromatic carbocycles. The van der Waals surface area contributed by atoms with Crippen molar-refractivity contribution < 1.29 is 9.53 Å². The molecular weight excluding hydrogens is 374 g/mol. The van der Waals surface area contributed by atoms with Crippen LogP contribution in [0.5, 0.6) is 5.75 Å². The van der Waals surface area contributed by atoms with Gasteiger partial charge in [-0.25, -0.2) is 4.68 Å². The largest absolute Gasteiger partial charge is 0.489 e. The number of ether oxygens (including phenoxy) is 1. The molecule has 28 heavy (non-hydrogen) atoms. The van der Waals surface area contributed by atoms with E-state index in [1.807, 2.05) is 43.3 Å². The molecule has 0 aliphatic heterocycles. The Balaban J connectivity index is 1.78. The van der Waals surface area contributed by atoms with Gasteiger partial charge in [-0.15, -0.1) is 0 Å². The van der Waals surface area contributed by atoms with Crippen LogP contribution < -0.4 is 10.1 Å². The van der Waals surface area contributed by atoms with Crippen LogP contribution in [0.2, 0.25) is 5.15 Å². The quantitative estimate of drug-likeness (QED) is 0.571. The molecule has 1 heterocycles. The van der Waals surface area contributed by atoms with Crippen molar-refractivity contribution in [3.8, 4) is 5.75 Å². The van der Waals surface area contributed by atoms with Crippen LogP contribution in [-0.2, 0) is 6.54 Å². The van der Waals surface area contributed by atoms with Crippen LogP contribution >= 0.6 is 11.6 Å². The van der Waals surface area contributed by atoms with E-state index >= 15 is 0 Å². The Labute approximate surface area is 169 Å². The van der Waals surface area contributed by atoms with E-state index in [2.05, 4.69) is 17.0 Å². The van der Waals surface area contributed by atoms with Gasteiger partial charge in [0.15, 0.2) is 0 Å². The maximum atomic E-state index is 12.8. The van der Waals surface area contributed by atoms with Gasteiger partial charge in [-0.05, 0) is 31.5 Å². The number of rotatable bonds is 7. The van der Waals surface area contributed by atoms with Crippen molar-refractivity contribution in [2.45, 2.75) is 20.4 Å². The summed E-state index contributed by atoms with van der Waals surface area (Å²) < 4.78 is 7.14. The van der Waals surface area contributed by atoms with Gasteiger partial charge in [0.1, 0.15) is 17.5 Å². The van der Waals surface area contributed by atoms with Gasteiger partial charge >= 0.3 is 0 Å². The van der Waals surface area contributed by atoms with E-state index < -0.39 is 0 Å². The second-order valence-corrected chi connectivity index (χ2v) is 6.83. The molecule has 144 valence electrons. The van der Waals surface area contributed by atoms with E-state index in [0.29, 0.717) is 41.0 Å². The Kier molecular flexibility index (Phi) is 6.16. The Morgan fingerprint density at radius 2 is 2.00 bits per heavy atom. The van der Waals surface area contributed by atoms with Gasteiger partial charge in [-0.2, -0.15) is 5.10 Å². The maximum Gasteiger partial charge on any atom is 0.260 e. The van der Waals surface area contributed by atoms with Gasteiger partial charge in [0, 0.05) is 11.8 Å². The molecule has 6 heteroatoms. The zero-order valence-electron chi connectivity index (χ0n) is 15.9. The minimum atomic E-state index is -0.307. The van der Waals surface area contributed by atoms with Crippen LogP contribution in [0.25, 0.3) is 0 Å². The van der Waals surface area contributed by atoms with Crippen LogP contribution in [0.15, 0.2) is 61.2 Å². The number of nitrogens with one attached hydrogen (secondary N) is 1. The fourth-order valence-electron chi connectivity index (χ4n) is 2.79. The lowest BCUT2D eigenvalue weighted by Crippen LogP contribution is -2.13. The standard InChI is InChI=1S/C22H22ClN3O2/c1-4-12-28-19-7-5-6-18(13-19)24-22(27)20-16(3)25-26(21(20)23)14-17-10-8-15(2)9-11-17/h4-11,13H,1,12,14H2,2-3H3,(H,24,27). The molecule has 0 radical (unpaired) electrons. The molecule has 1 N–H and O–H groups in total. The number of carbonyl (C=O) groups is 1. The van der Waals surface area contributed by atoms with Crippen LogP contribution in [0.1, 0.15) is 27.2 Å². The minimum absolute atomic E-state index is 0.307. The first-order valence-corrected chi connectivity index (χ1v) is 9.29. The number of hydrogen-bond acceptors (Lipinski definition) is 3. The van der Waals surface area contributed by atoms with Crippen LogP contribution in [-0.4, -0.2) is 22.3 Å². The number of aromatic nitrogens is 2. The maximum absolute atomic E-state index is 12.8. The van der Waals surface area contributed by atoms with Crippen molar-refractivity contribution in [2.24, 2.45) is 0 Å². The lowest BCUT2D eigenvalue weighted by atomic mass is 10.1. The summed E-state index contributed by atoms with van der Waals surface area (Å²) in [5.41, 5.74) is 3.81. The van der Waals surface area contributed by atoms with Gasteiger partial charge < -0.3 is 10.1 Å². The fourth-order valence-corrected chi connectivity index (χ4v) is 3.11. The summed E-state index contributed by atoms with van der Waals surface area (Å²) in [4.78, 5) is 12.8. The number of amides is 1. The molecule has 0 atom stereocenters. The molecule has 3 aromatic rings. The molecule has 0 saturated heterocycles. The molecule has 1 amide bonds. The number of benzene rings is 2. The summed E-state index contributed by atoms with van der Waals surface area (Å²) in [6.07, 6.45) is 1.66. The number of aryl methyl sites for hydroxylation is 2. The van der Waals surface area contributed by atoms with Crippen molar-refractivity contribution in [1.82, 2.24) is 9.78 Å². The molecular formula is C22H22ClN3O2. The summed E-state index contributed by atoms with van der Waals surface area (Å²) in [5, 5.41) is 7.61. The van der Waals surface area contributed by atoms with Crippen molar-refractivity contribution in [1.29, 1.82) is 0 Å². The minimum Gasteiger partial charge on any atom is -0.489 e. The lowest BCUT2D eigenvalue weighted by Gasteiger charge is -2.08. The zero-order valence-corrected chi connectivity index (χ0v) is 16.7. The molecule has 0 saturated carbocycles. The Morgan fingerprint density at radius 1 is 1.25 bits per heavy atom. The van der Waals surface area contributed by atoms with E-state index in [-0.39, 0.29) is 5.91 Å². The van der Waals surface area contributed by atoms with Crippen molar-refractivity contribution in [2.75, 3.05) is 11.9 Å². The van der Waals surface area contributed by atoms with Gasteiger partial charge in [-0.3, -0.25) is 4.79 Å². The average Bonchev–Trinajstić information content (AvgIpc) is 2.95. The second-order valence-electron chi connectivity index (χ2n) is 6.48. The molecule has 0 fully saturated rings. The topological polar surface area (TPSA) is 56.1 Å². The SMILES string of the molecule is C=CCOc1cccc(NC(=O)c2c(C)nn(Cc3ccc(C)cc3)c2Cl)c1. The van der Waals surface area contributed by atoms with E-state index in [0.717, 1.165) is 5.56 Å². The third-order valence-corrected chi connectivity index (χ3v) is 4.59. The predicted molar refractivity (Wildman–Crippen MR) is 112 cm³/mol. The summed E-state index contributed by atoms with van der Waals surface area (Å²) in [6, 6.07) is 15.3. The molecule has 0 unspecified atom stereocenters. The van der Waals surface area contributed by atoms with E-state index in [1.165, 1.54) is 5.56 Å². The van der Waals surface area contributed by atoms with Crippen molar-refractivity contribution >= 4 is 23.2 Å². The second kappa shape index (κ2) is 8.76. The molecule has 0 bridgehead atoms. The van der Waals surface area contributed by atoms with Crippen LogP contribution in [0.3, 0.4) is 0 Å². The number of anilines is 1. The summed E-state index contributed by atoms with van der Waals surface area (Å²) in [7, 11) is 0. The first kappa shape index (κ1) is 19.7. The highest BCUT2D eigenvalue weighted by molar-refractivity contribution is 6.33. The van der Waals surface area contributed by atoms with Crippen molar-refractivity contribution in [3.63, 3.8) is 0 Å². The van der Waals surface area contributed by atoms with Gasteiger partial charge in [0.05, 0.1) is 17.8 Å². The summed E-state index contributed by atoms with van der Waals surface area (Å²) in [5.74, 6) is 0.342. The van der Waals surface area contributed by atoms with Crippen molar-refractivity contribution in [3.05, 3.63) is 88.7 Å². The molecule has 1 aromatic heterocycles. The number of nitrogens with zero attached hydrogens (tertiary/aromatic N) is 2. The van der Waals surface area contributed by atoms with E-state index in [9.17, 15) is 4.79 Å². The summed E-state index contributed by atoms with van der Waals surface area (Å²) in [6.45, 7) is 8.33. The van der Waals surface area contributed by atoms with Crippen LogP contribution in [0, 0.1) is 13.8 Å². The lowest BCUT2D eigenvalue weighted by molar-refractivity contribution is 0.102. The third kappa shape index (κ3) is 4.61. The van der Waals surface area contributed by atoms with Gasteiger partial charge in [-0.1, -0.05) is 60.2 Å². The number of carbonyl (C=O) groups excluding carboxylic acids is 1. The Bertz CT molecular complexity index is 994. The molecule has 0 spiro atoms. The number of hydrogen-bond donors (Lipinski definition) is 1. The normalized spacial score (nSPS) is 10.5. The van der Waals surface area contributed by atoms with Gasteiger partial charge in [0.25, 0.3) is 5.91 Å². The summed E-state index contributed by atoms with van der Waals surface area (Å²) >= 11 is 6.48. The first-order chi connectivity index (χ1) is 13.5. The van der Waals surface area contributed by atoms with E-state index in [4.69, 9.17) is 16.3 Å². The smallest absolute Gasteiger partial charge is 0.260 e.